The number of fused-ring (bicyclic) bond motifs is 1. The molecule has 1 aliphatic carbocycles. The molecule has 2 heterocycles. The number of carbonyl (C=O) groups excluding carboxylic acids is 3. The van der Waals surface area contributed by atoms with Crippen molar-refractivity contribution in [2.24, 2.45) is 0 Å². The highest BCUT2D eigenvalue weighted by atomic mass is 19.1. The maximum atomic E-state index is 13.8. The summed E-state index contributed by atoms with van der Waals surface area (Å²) in [5.74, 6) is -0.220. The fourth-order valence-electron chi connectivity index (χ4n) is 5.72. The van der Waals surface area contributed by atoms with Crippen molar-refractivity contribution in [1.29, 1.82) is 0 Å². The van der Waals surface area contributed by atoms with Gasteiger partial charge < -0.3 is 24.7 Å². The van der Waals surface area contributed by atoms with Crippen molar-refractivity contribution >= 4 is 34.4 Å². The van der Waals surface area contributed by atoms with Gasteiger partial charge in [0, 0.05) is 55.5 Å². The SMILES string of the molecule is CCN(C(C)=O)c1cc2oc(-c3ccc(F)cc3)c(C(=O)NC)c2cc1-c1ccc(OC)c(C(=O)NC2(c3ncccn3)CC2)c1. The van der Waals surface area contributed by atoms with Crippen LogP contribution < -0.4 is 20.3 Å². The first kappa shape index (κ1) is 30.4. The van der Waals surface area contributed by atoms with Crippen LogP contribution >= 0.6 is 0 Å². The maximum Gasteiger partial charge on any atom is 0.255 e. The van der Waals surface area contributed by atoms with Gasteiger partial charge in [-0.15, -0.1) is 0 Å². The van der Waals surface area contributed by atoms with Gasteiger partial charge in [-0.1, -0.05) is 6.07 Å². The lowest BCUT2D eigenvalue weighted by molar-refractivity contribution is -0.116. The molecule has 0 unspecified atom stereocenters. The van der Waals surface area contributed by atoms with E-state index >= 15 is 0 Å². The normalized spacial score (nSPS) is 13.2. The number of hydrogen-bond donors (Lipinski definition) is 2. The standard InChI is InChI=1S/C35H32FN5O5/c1-5-41(20(2)42)27-19-29-25(30(33(44)37-3)31(46-29)21-7-10-23(36)11-8-21)18-24(27)22-9-12-28(45-4)26(17-22)32(43)40-35(13-14-35)34-38-15-6-16-39-34/h6-12,15-19H,5,13-14H2,1-4H3,(H,37,44)(H,40,43). The molecule has 0 bridgehead atoms. The lowest BCUT2D eigenvalue weighted by Gasteiger charge is -2.23. The lowest BCUT2D eigenvalue weighted by Crippen LogP contribution is -2.36. The number of furan rings is 1. The van der Waals surface area contributed by atoms with E-state index in [2.05, 4.69) is 20.6 Å². The molecule has 3 aromatic carbocycles. The van der Waals surface area contributed by atoms with Crippen LogP contribution in [0.1, 0.15) is 53.2 Å². The van der Waals surface area contributed by atoms with Gasteiger partial charge in [0.05, 0.1) is 23.9 Å². The topological polar surface area (TPSA) is 127 Å². The number of nitrogens with zero attached hydrogens (tertiary/aromatic N) is 3. The zero-order chi connectivity index (χ0) is 32.6. The number of halogens is 1. The first-order valence-electron chi connectivity index (χ1n) is 14.8. The summed E-state index contributed by atoms with van der Waals surface area (Å²) >= 11 is 0. The number of anilines is 1. The summed E-state index contributed by atoms with van der Waals surface area (Å²) in [5.41, 5.74) is 2.48. The Morgan fingerprint density at radius 3 is 2.30 bits per heavy atom. The molecule has 0 saturated heterocycles. The third-order valence-electron chi connectivity index (χ3n) is 8.21. The molecule has 0 spiro atoms. The molecule has 234 valence electrons. The van der Waals surface area contributed by atoms with E-state index in [1.54, 1.807) is 53.7 Å². The summed E-state index contributed by atoms with van der Waals surface area (Å²) in [6, 6.07) is 16.1. The van der Waals surface area contributed by atoms with E-state index in [9.17, 15) is 18.8 Å². The van der Waals surface area contributed by atoms with E-state index < -0.39 is 17.3 Å². The predicted octanol–water partition coefficient (Wildman–Crippen LogP) is 5.86. The minimum Gasteiger partial charge on any atom is -0.496 e. The molecular weight excluding hydrogens is 589 g/mol. The number of hydrogen-bond acceptors (Lipinski definition) is 7. The summed E-state index contributed by atoms with van der Waals surface area (Å²) in [7, 11) is 3.00. The first-order chi connectivity index (χ1) is 22.2. The first-order valence-corrected chi connectivity index (χ1v) is 14.8. The molecule has 0 atom stereocenters. The zero-order valence-electron chi connectivity index (χ0n) is 25.8. The van der Waals surface area contributed by atoms with Crippen LogP contribution in [0.5, 0.6) is 5.75 Å². The van der Waals surface area contributed by atoms with Gasteiger partial charge in [-0.25, -0.2) is 14.4 Å². The number of ether oxygens (including phenoxy) is 1. The Labute approximate surface area is 264 Å². The molecule has 10 nitrogen and oxygen atoms in total. The third-order valence-corrected chi connectivity index (χ3v) is 8.21. The molecule has 2 aromatic heterocycles. The lowest BCUT2D eigenvalue weighted by atomic mass is 9.96. The molecule has 0 radical (unpaired) electrons. The number of carbonyl (C=O) groups is 3. The van der Waals surface area contributed by atoms with Crippen LogP contribution in [-0.4, -0.2) is 48.4 Å². The Bertz CT molecular complexity index is 1970. The second-order valence-electron chi connectivity index (χ2n) is 11.0. The van der Waals surface area contributed by atoms with Gasteiger partial charge in [0.2, 0.25) is 5.91 Å². The number of aromatic nitrogens is 2. The Hall–Kier alpha value is -5.58. The average molecular weight is 622 g/mol. The molecule has 3 amide bonds. The molecular formula is C35H32FN5O5. The van der Waals surface area contributed by atoms with Crippen LogP contribution in [0.4, 0.5) is 10.1 Å². The molecule has 6 rings (SSSR count). The van der Waals surface area contributed by atoms with Crippen molar-refractivity contribution in [2.75, 3.05) is 25.6 Å². The molecule has 2 N–H and O–H groups in total. The van der Waals surface area contributed by atoms with Gasteiger partial charge in [0.15, 0.2) is 5.82 Å². The van der Waals surface area contributed by atoms with E-state index in [0.29, 0.717) is 64.3 Å². The molecule has 5 aromatic rings. The second-order valence-corrected chi connectivity index (χ2v) is 11.0. The number of methoxy groups -OCH3 is 1. The molecule has 1 saturated carbocycles. The average Bonchev–Trinajstić information content (AvgIpc) is 3.76. The van der Waals surface area contributed by atoms with Gasteiger partial charge in [0.1, 0.15) is 28.4 Å². The Morgan fingerprint density at radius 1 is 1.00 bits per heavy atom. The fourth-order valence-corrected chi connectivity index (χ4v) is 5.72. The van der Waals surface area contributed by atoms with Gasteiger partial charge in [-0.2, -0.15) is 0 Å². The van der Waals surface area contributed by atoms with Crippen LogP contribution in [0.2, 0.25) is 0 Å². The Balaban J connectivity index is 1.53. The molecule has 46 heavy (non-hydrogen) atoms. The highest BCUT2D eigenvalue weighted by Crippen LogP contribution is 2.45. The summed E-state index contributed by atoms with van der Waals surface area (Å²) in [6.45, 7) is 3.67. The van der Waals surface area contributed by atoms with Gasteiger partial charge in [0.25, 0.3) is 11.8 Å². The van der Waals surface area contributed by atoms with Crippen LogP contribution in [0.15, 0.2) is 77.5 Å². The summed E-state index contributed by atoms with van der Waals surface area (Å²) in [5, 5.41) is 6.26. The molecule has 1 aliphatic rings. The smallest absolute Gasteiger partial charge is 0.255 e. The molecule has 11 heteroatoms. The van der Waals surface area contributed by atoms with E-state index in [-0.39, 0.29) is 28.7 Å². The quantitative estimate of drug-likeness (QED) is 0.211. The van der Waals surface area contributed by atoms with Gasteiger partial charge in [-0.05, 0) is 73.9 Å². The summed E-state index contributed by atoms with van der Waals surface area (Å²) < 4.78 is 25.6. The third kappa shape index (κ3) is 5.44. The van der Waals surface area contributed by atoms with Crippen molar-refractivity contribution in [1.82, 2.24) is 20.6 Å². The highest BCUT2D eigenvalue weighted by Gasteiger charge is 2.48. The van der Waals surface area contributed by atoms with Crippen molar-refractivity contribution in [3.05, 3.63) is 95.8 Å². The van der Waals surface area contributed by atoms with E-state index in [1.807, 2.05) is 6.92 Å². The monoisotopic (exact) mass is 621 g/mol. The predicted molar refractivity (Wildman–Crippen MR) is 171 cm³/mol. The van der Waals surface area contributed by atoms with Crippen LogP contribution in [0.25, 0.3) is 33.4 Å². The minimum absolute atomic E-state index is 0.204. The van der Waals surface area contributed by atoms with Crippen molar-refractivity contribution in [3.63, 3.8) is 0 Å². The zero-order valence-corrected chi connectivity index (χ0v) is 25.8. The Morgan fingerprint density at radius 2 is 1.70 bits per heavy atom. The summed E-state index contributed by atoms with van der Waals surface area (Å²) in [6.07, 6.45) is 4.70. The molecule has 0 aliphatic heterocycles. The van der Waals surface area contributed by atoms with Crippen LogP contribution in [0.3, 0.4) is 0 Å². The summed E-state index contributed by atoms with van der Waals surface area (Å²) in [4.78, 5) is 50.2. The van der Waals surface area contributed by atoms with Gasteiger partial charge in [-0.3, -0.25) is 14.4 Å². The number of nitrogens with one attached hydrogen (secondary N) is 2. The number of benzene rings is 3. The number of amides is 3. The van der Waals surface area contributed by atoms with Crippen LogP contribution in [0, 0.1) is 5.82 Å². The van der Waals surface area contributed by atoms with E-state index in [1.165, 1.54) is 45.3 Å². The van der Waals surface area contributed by atoms with Crippen molar-refractivity contribution < 1.29 is 27.9 Å². The van der Waals surface area contributed by atoms with E-state index in [4.69, 9.17) is 9.15 Å². The van der Waals surface area contributed by atoms with Crippen molar-refractivity contribution in [3.8, 4) is 28.2 Å². The largest absolute Gasteiger partial charge is 0.496 e. The molecule has 1 fully saturated rings. The van der Waals surface area contributed by atoms with Crippen LogP contribution in [-0.2, 0) is 10.3 Å². The highest BCUT2D eigenvalue weighted by molar-refractivity contribution is 6.13. The van der Waals surface area contributed by atoms with Crippen molar-refractivity contribution in [2.45, 2.75) is 32.2 Å². The van der Waals surface area contributed by atoms with E-state index in [0.717, 1.165) is 0 Å². The maximum absolute atomic E-state index is 13.8. The van der Waals surface area contributed by atoms with Gasteiger partial charge >= 0.3 is 0 Å². The fraction of sp³-hybridized carbons (Fsp3) is 0.229. The second kappa shape index (κ2) is 12.1. The number of rotatable bonds is 9. The minimum atomic E-state index is -0.660. The Kier molecular flexibility index (Phi) is 7.99.